The molecule has 2 N–H and O–H groups in total. The third-order valence-electron chi connectivity index (χ3n) is 2.27. The molecule has 0 saturated carbocycles. The molecule has 1 atom stereocenters. The lowest BCUT2D eigenvalue weighted by molar-refractivity contribution is 0.404. The topological polar surface area (TPSA) is 61.0 Å². The van der Waals surface area contributed by atoms with Crippen LogP contribution in [0.4, 0.5) is 0 Å². The fourth-order valence-electron chi connectivity index (χ4n) is 1.47. The van der Waals surface area contributed by atoms with Crippen molar-refractivity contribution in [2.45, 2.75) is 13.0 Å². The fraction of sp³-hybridized carbons (Fsp3) is 0.273. The van der Waals surface area contributed by atoms with Crippen molar-refractivity contribution in [2.75, 3.05) is 7.11 Å². The number of aromatic nitrogens is 2. The molecule has 2 heterocycles. The van der Waals surface area contributed by atoms with Crippen LogP contribution in [0.5, 0.6) is 5.75 Å². The molecule has 0 fully saturated rings. The van der Waals surface area contributed by atoms with Crippen molar-refractivity contribution in [3.05, 3.63) is 40.1 Å². The van der Waals surface area contributed by atoms with Crippen molar-refractivity contribution in [1.82, 2.24) is 9.97 Å². The Morgan fingerprint density at radius 2 is 2.31 bits per heavy atom. The molecule has 0 bridgehead atoms. The molecular weight excluding hydrogens is 222 g/mol. The lowest BCUT2D eigenvalue weighted by Crippen LogP contribution is -2.15. The third kappa shape index (κ3) is 2.05. The average Bonchev–Trinajstić information content (AvgIpc) is 2.75. The number of methoxy groups -OCH3 is 1. The maximum Gasteiger partial charge on any atom is 0.142 e. The number of hydrogen-bond acceptors (Lipinski definition) is 5. The van der Waals surface area contributed by atoms with E-state index >= 15 is 0 Å². The van der Waals surface area contributed by atoms with Crippen molar-refractivity contribution < 1.29 is 4.74 Å². The monoisotopic (exact) mass is 235 g/mol. The van der Waals surface area contributed by atoms with Gasteiger partial charge in [0.05, 0.1) is 23.9 Å². The summed E-state index contributed by atoms with van der Waals surface area (Å²) in [7, 11) is 1.61. The van der Waals surface area contributed by atoms with Gasteiger partial charge in [-0.3, -0.25) is 4.98 Å². The van der Waals surface area contributed by atoms with E-state index in [0.29, 0.717) is 5.75 Å². The van der Waals surface area contributed by atoms with Gasteiger partial charge in [0.25, 0.3) is 0 Å². The highest BCUT2D eigenvalue weighted by molar-refractivity contribution is 7.09. The Morgan fingerprint density at radius 3 is 2.94 bits per heavy atom. The standard InChI is InChI=1S/C11H13N3OS/c1-7-14-8(6-16-7)10(12)11-9(15-2)4-3-5-13-11/h3-6,10H,12H2,1-2H3. The summed E-state index contributed by atoms with van der Waals surface area (Å²) in [5.41, 5.74) is 7.66. The van der Waals surface area contributed by atoms with Gasteiger partial charge in [-0.25, -0.2) is 4.98 Å². The zero-order valence-electron chi connectivity index (χ0n) is 9.18. The van der Waals surface area contributed by atoms with Crippen LogP contribution in [-0.4, -0.2) is 17.1 Å². The summed E-state index contributed by atoms with van der Waals surface area (Å²) in [5.74, 6) is 0.695. The van der Waals surface area contributed by atoms with Gasteiger partial charge in [0.15, 0.2) is 0 Å². The van der Waals surface area contributed by atoms with E-state index in [1.165, 1.54) is 0 Å². The second-order valence-corrected chi connectivity index (χ2v) is 4.42. The minimum Gasteiger partial charge on any atom is -0.495 e. The lowest BCUT2D eigenvalue weighted by Gasteiger charge is -2.12. The fourth-order valence-corrected chi connectivity index (χ4v) is 2.12. The van der Waals surface area contributed by atoms with Gasteiger partial charge in [0.2, 0.25) is 0 Å². The van der Waals surface area contributed by atoms with Gasteiger partial charge in [-0.15, -0.1) is 11.3 Å². The summed E-state index contributed by atoms with van der Waals surface area (Å²) in [6.07, 6.45) is 1.71. The summed E-state index contributed by atoms with van der Waals surface area (Å²) in [6, 6.07) is 3.34. The molecule has 0 aliphatic rings. The molecule has 0 aliphatic carbocycles. The molecular formula is C11H13N3OS. The predicted molar refractivity (Wildman–Crippen MR) is 63.7 cm³/mol. The molecule has 16 heavy (non-hydrogen) atoms. The molecule has 4 nitrogen and oxygen atoms in total. The van der Waals surface area contributed by atoms with Crippen LogP contribution in [0.2, 0.25) is 0 Å². The molecule has 2 aromatic rings. The van der Waals surface area contributed by atoms with Crippen molar-refractivity contribution in [2.24, 2.45) is 5.73 Å². The largest absolute Gasteiger partial charge is 0.495 e. The van der Waals surface area contributed by atoms with Crippen LogP contribution in [0.25, 0.3) is 0 Å². The average molecular weight is 235 g/mol. The Balaban J connectivity index is 2.36. The molecule has 1 unspecified atom stereocenters. The molecule has 2 aromatic heterocycles. The first-order valence-electron chi connectivity index (χ1n) is 4.89. The molecule has 0 saturated heterocycles. The highest BCUT2D eigenvalue weighted by Gasteiger charge is 2.17. The van der Waals surface area contributed by atoms with Crippen LogP contribution >= 0.6 is 11.3 Å². The minimum atomic E-state index is -0.332. The Bertz CT molecular complexity index is 484. The third-order valence-corrected chi connectivity index (χ3v) is 3.06. The number of rotatable bonds is 3. The number of hydrogen-bond donors (Lipinski definition) is 1. The number of pyridine rings is 1. The number of nitrogens with two attached hydrogens (primary N) is 1. The number of aryl methyl sites for hydroxylation is 1. The first kappa shape index (κ1) is 11.0. The summed E-state index contributed by atoms with van der Waals surface area (Å²) < 4.78 is 5.23. The van der Waals surface area contributed by atoms with Crippen LogP contribution in [0.3, 0.4) is 0 Å². The van der Waals surface area contributed by atoms with Gasteiger partial charge in [-0.05, 0) is 19.1 Å². The molecule has 0 spiro atoms. The van der Waals surface area contributed by atoms with Crippen molar-refractivity contribution in [3.63, 3.8) is 0 Å². The number of nitrogens with zero attached hydrogens (tertiary/aromatic N) is 2. The van der Waals surface area contributed by atoms with E-state index in [0.717, 1.165) is 16.4 Å². The zero-order chi connectivity index (χ0) is 11.5. The minimum absolute atomic E-state index is 0.332. The smallest absolute Gasteiger partial charge is 0.142 e. The molecule has 0 amide bonds. The van der Waals surface area contributed by atoms with Gasteiger partial charge in [0.1, 0.15) is 11.4 Å². The summed E-state index contributed by atoms with van der Waals surface area (Å²) >= 11 is 1.58. The van der Waals surface area contributed by atoms with Gasteiger partial charge in [-0.2, -0.15) is 0 Å². The number of ether oxygens (including phenoxy) is 1. The van der Waals surface area contributed by atoms with E-state index in [-0.39, 0.29) is 6.04 Å². The van der Waals surface area contributed by atoms with Gasteiger partial charge in [0, 0.05) is 11.6 Å². The summed E-state index contributed by atoms with van der Waals surface area (Å²) in [5, 5.41) is 2.95. The van der Waals surface area contributed by atoms with E-state index in [4.69, 9.17) is 10.5 Å². The van der Waals surface area contributed by atoms with Gasteiger partial charge in [-0.1, -0.05) is 0 Å². The van der Waals surface area contributed by atoms with E-state index in [1.54, 1.807) is 24.6 Å². The van der Waals surface area contributed by atoms with Crippen molar-refractivity contribution in [1.29, 1.82) is 0 Å². The Labute approximate surface area is 98.1 Å². The maximum atomic E-state index is 6.11. The molecule has 2 rings (SSSR count). The zero-order valence-corrected chi connectivity index (χ0v) is 9.99. The van der Waals surface area contributed by atoms with Gasteiger partial charge < -0.3 is 10.5 Å². The molecule has 84 valence electrons. The van der Waals surface area contributed by atoms with Crippen LogP contribution in [0.15, 0.2) is 23.7 Å². The summed E-state index contributed by atoms with van der Waals surface area (Å²) in [6.45, 7) is 1.95. The Morgan fingerprint density at radius 1 is 1.50 bits per heavy atom. The van der Waals surface area contributed by atoms with E-state index in [1.807, 2.05) is 24.4 Å². The maximum absolute atomic E-state index is 6.11. The van der Waals surface area contributed by atoms with Crippen LogP contribution in [0, 0.1) is 6.92 Å². The van der Waals surface area contributed by atoms with Crippen molar-refractivity contribution in [3.8, 4) is 5.75 Å². The second kappa shape index (κ2) is 4.59. The van der Waals surface area contributed by atoms with Crippen LogP contribution < -0.4 is 10.5 Å². The van der Waals surface area contributed by atoms with Gasteiger partial charge >= 0.3 is 0 Å². The highest BCUT2D eigenvalue weighted by atomic mass is 32.1. The van der Waals surface area contributed by atoms with E-state index < -0.39 is 0 Å². The Kier molecular flexibility index (Phi) is 3.17. The molecule has 0 aromatic carbocycles. The lowest BCUT2D eigenvalue weighted by atomic mass is 10.1. The quantitative estimate of drug-likeness (QED) is 0.882. The molecule has 0 aliphatic heterocycles. The van der Waals surface area contributed by atoms with Crippen LogP contribution in [-0.2, 0) is 0 Å². The molecule has 5 heteroatoms. The Hall–Kier alpha value is -1.46. The predicted octanol–water partition coefficient (Wildman–Crippen LogP) is 1.90. The summed E-state index contributed by atoms with van der Waals surface area (Å²) in [4.78, 5) is 8.61. The highest BCUT2D eigenvalue weighted by Crippen LogP contribution is 2.26. The van der Waals surface area contributed by atoms with E-state index in [9.17, 15) is 0 Å². The van der Waals surface area contributed by atoms with Crippen molar-refractivity contribution >= 4 is 11.3 Å². The first-order valence-corrected chi connectivity index (χ1v) is 5.77. The second-order valence-electron chi connectivity index (χ2n) is 3.36. The normalized spacial score (nSPS) is 12.4. The molecule has 0 radical (unpaired) electrons. The SMILES string of the molecule is COc1cccnc1C(N)c1csc(C)n1. The first-order chi connectivity index (χ1) is 7.72. The van der Waals surface area contributed by atoms with E-state index in [2.05, 4.69) is 9.97 Å². The van der Waals surface area contributed by atoms with Crippen LogP contribution in [0.1, 0.15) is 22.4 Å². The number of thiazole rings is 1.